The van der Waals surface area contributed by atoms with Gasteiger partial charge in [-0.25, -0.2) is 4.98 Å². The number of esters is 1. The number of methoxy groups -OCH3 is 1. The van der Waals surface area contributed by atoms with Gasteiger partial charge in [-0.15, -0.1) is 0 Å². The van der Waals surface area contributed by atoms with E-state index in [1.807, 2.05) is 7.05 Å². The number of benzene rings is 2. The first-order valence-corrected chi connectivity index (χ1v) is 9.74. The molecule has 1 aromatic heterocycles. The highest BCUT2D eigenvalue weighted by Gasteiger charge is 2.13. The predicted molar refractivity (Wildman–Crippen MR) is 112 cm³/mol. The first-order chi connectivity index (χ1) is 13.7. The van der Waals surface area contributed by atoms with E-state index < -0.39 is 0 Å². The molecule has 1 N–H and O–H groups in total. The van der Waals surface area contributed by atoms with Gasteiger partial charge in [0.1, 0.15) is 5.82 Å². The minimum Gasteiger partial charge on any atom is -0.469 e. The molecule has 0 atom stereocenters. The summed E-state index contributed by atoms with van der Waals surface area (Å²) in [4.78, 5) is 18.6. The summed E-state index contributed by atoms with van der Waals surface area (Å²) >= 11 is 0. The molecule has 0 bridgehead atoms. The van der Waals surface area contributed by atoms with Crippen molar-refractivity contribution in [2.75, 3.05) is 38.2 Å². The van der Waals surface area contributed by atoms with Crippen molar-refractivity contribution in [2.45, 2.75) is 12.8 Å². The number of aryl methyl sites for hydroxylation is 2. The number of piperazine rings is 1. The monoisotopic (exact) mass is 378 g/mol. The second-order valence-electron chi connectivity index (χ2n) is 7.18. The van der Waals surface area contributed by atoms with Gasteiger partial charge in [0.15, 0.2) is 0 Å². The molecule has 2 heterocycles. The van der Waals surface area contributed by atoms with E-state index in [1.165, 1.54) is 12.8 Å². The molecule has 146 valence electrons. The molecule has 0 saturated carbocycles. The highest BCUT2D eigenvalue weighted by atomic mass is 16.5. The molecule has 1 saturated heterocycles. The van der Waals surface area contributed by atoms with E-state index in [1.54, 1.807) is 0 Å². The van der Waals surface area contributed by atoms with Crippen LogP contribution >= 0.6 is 0 Å². The summed E-state index contributed by atoms with van der Waals surface area (Å²) in [5.41, 5.74) is 5.49. The summed E-state index contributed by atoms with van der Waals surface area (Å²) in [6, 6.07) is 14.9. The van der Waals surface area contributed by atoms with Crippen LogP contribution in [0, 0.1) is 0 Å². The van der Waals surface area contributed by atoms with Gasteiger partial charge in [-0.1, -0.05) is 6.07 Å². The Bertz CT molecular complexity index is 972. The zero-order chi connectivity index (χ0) is 19.5. The summed E-state index contributed by atoms with van der Waals surface area (Å²) in [7, 11) is 3.47. The standard InChI is InChI=1S/C22H26N4O2/c1-25-20-9-3-16(4-10-21(27)28-2)15-19(20)24-22(25)17-5-7-18(8-6-17)26-13-11-23-12-14-26/h3,5-9,15,23H,4,10-14H2,1-2H3. The first kappa shape index (κ1) is 18.5. The van der Waals surface area contributed by atoms with E-state index in [4.69, 9.17) is 9.72 Å². The molecule has 1 aliphatic heterocycles. The van der Waals surface area contributed by atoms with Gasteiger partial charge >= 0.3 is 5.97 Å². The molecule has 0 unspecified atom stereocenters. The van der Waals surface area contributed by atoms with Crippen molar-refractivity contribution in [1.29, 1.82) is 0 Å². The number of nitrogens with one attached hydrogen (secondary N) is 1. The molecule has 0 amide bonds. The molecule has 28 heavy (non-hydrogen) atoms. The Morgan fingerprint density at radius 2 is 1.89 bits per heavy atom. The second-order valence-corrected chi connectivity index (χ2v) is 7.18. The van der Waals surface area contributed by atoms with E-state index in [0.717, 1.165) is 54.2 Å². The van der Waals surface area contributed by atoms with E-state index in [0.29, 0.717) is 12.8 Å². The maximum Gasteiger partial charge on any atom is 0.305 e. The van der Waals surface area contributed by atoms with Crippen molar-refractivity contribution < 1.29 is 9.53 Å². The van der Waals surface area contributed by atoms with Crippen LogP contribution in [0.1, 0.15) is 12.0 Å². The summed E-state index contributed by atoms with van der Waals surface area (Å²) in [5, 5.41) is 3.39. The van der Waals surface area contributed by atoms with Crippen molar-refractivity contribution >= 4 is 22.7 Å². The van der Waals surface area contributed by atoms with E-state index in [-0.39, 0.29) is 5.97 Å². The summed E-state index contributed by atoms with van der Waals surface area (Å²) in [6.45, 7) is 4.15. The third-order valence-corrected chi connectivity index (χ3v) is 5.40. The Morgan fingerprint density at radius 1 is 1.14 bits per heavy atom. The fraction of sp³-hybridized carbons (Fsp3) is 0.364. The lowest BCUT2D eigenvalue weighted by Crippen LogP contribution is -2.43. The van der Waals surface area contributed by atoms with Crippen LogP contribution in [0.15, 0.2) is 42.5 Å². The zero-order valence-corrected chi connectivity index (χ0v) is 16.4. The number of carbonyl (C=O) groups is 1. The minimum atomic E-state index is -0.189. The van der Waals surface area contributed by atoms with Crippen molar-refractivity contribution in [1.82, 2.24) is 14.9 Å². The van der Waals surface area contributed by atoms with Gasteiger partial charge in [-0.05, 0) is 48.4 Å². The maximum absolute atomic E-state index is 11.4. The number of fused-ring (bicyclic) bond motifs is 1. The fourth-order valence-electron chi connectivity index (χ4n) is 3.75. The van der Waals surface area contributed by atoms with Crippen molar-refractivity contribution in [3.05, 3.63) is 48.0 Å². The number of hydrogen-bond donors (Lipinski definition) is 1. The van der Waals surface area contributed by atoms with Gasteiger partial charge in [-0.3, -0.25) is 4.79 Å². The van der Waals surface area contributed by atoms with Crippen LogP contribution < -0.4 is 10.2 Å². The van der Waals surface area contributed by atoms with Crippen molar-refractivity contribution in [2.24, 2.45) is 7.05 Å². The SMILES string of the molecule is COC(=O)CCc1ccc2c(c1)nc(-c1ccc(N3CCNCC3)cc1)n2C. The van der Waals surface area contributed by atoms with Gasteiger partial charge in [0.05, 0.1) is 18.1 Å². The third-order valence-electron chi connectivity index (χ3n) is 5.40. The van der Waals surface area contributed by atoms with Crippen LogP contribution in [-0.4, -0.2) is 48.8 Å². The van der Waals surface area contributed by atoms with Gasteiger partial charge in [0.2, 0.25) is 0 Å². The number of ether oxygens (including phenoxy) is 1. The van der Waals surface area contributed by atoms with E-state index in [2.05, 4.69) is 57.2 Å². The Morgan fingerprint density at radius 3 is 2.61 bits per heavy atom. The molecule has 6 heteroatoms. The average Bonchev–Trinajstić information content (AvgIpc) is 3.08. The molecule has 0 radical (unpaired) electrons. The van der Waals surface area contributed by atoms with Crippen LogP contribution in [0.3, 0.4) is 0 Å². The molecular weight excluding hydrogens is 352 g/mol. The number of rotatable bonds is 5. The van der Waals surface area contributed by atoms with Crippen LogP contribution in [0.5, 0.6) is 0 Å². The number of imidazole rings is 1. The van der Waals surface area contributed by atoms with E-state index in [9.17, 15) is 4.79 Å². The first-order valence-electron chi connectivity index (χ1n) is 9.74. The van der Waals surface area contributed by atoms with Crippen LogP contribution in [0.2, 0.25) is 0 Å². The highest BCUT2D eigenvalue weighted by Crippen LogP contribution is 2.27. The Kier molecular flexibility index (Phi) is 5.30. The number of nitrogens with zero attached hydrogens (tertiary/aromatic N) is 3. The van der Waals surface area contributed by atoms with Crippen molar-refractivity contribution in [3.63, 3.8) is 0 Å². The molecule has 0 aliphatic carbocycles. The highest BCUT2D eigenvalue weighted by molar-refractivity contribution is 5.81. The normalized spacial score (nSPS) is 14.4. The fourth-order valence-corrected chi connectivity index (χ4v) is 3.75. The second kappa shape index (κ2) is 8.02. The lowest BCUT2D eigenvalue weighted by Gasteiger charge is -2.29. The Balaban J connectivity index is 1.57. The quantitative estimate of drug-likeness (QED) is 0.692. The van der Waals surface area contributed by atoms with Crippen molar-refractivity contribution in [3.8, 4) is 11.4 Å². The molecule has 3 aromatic rings. The molecule has 1 fully saturated rings. The smallest absolute Gasteiger partial charge is 0.305 e. The van der Waals surface area contributed by atoms with E-state index >= 15 is 0 Å². The molecule has 1 aliphatic rings. The summed E-state index contributed by atoms with van der Waals surface area (Å²) in [5.74, 6) is 0.762. The predicted octanol–water partition coefficient (Wildman–Crippen LogP) is 2.76. The lowest BCUT2D eigenvalue weighted by atomic mass is 10.1. The maximum atomic E-state index is 11.4. The van der Waals surface area contributed by atoms with Gasteiger partial charge in [0, 0.05) is 50.9 Å². The number of carbonyl (C=O) groups excluding carboxylic acids is 1. The average molecular weight is 378 g/mol. The minimum absolute atomic E-state index is 0.189. The van der Waals surface area contributed by atoms with Gasteiger partial charge < -0.3 is 19.5 Å². The van der Waals surface area contributed by atoms with Crippen LogP contribution in [-0.2, 0) is 23.0 Å². The number of hydrogen-bond acceptors (Lipinski definition) is 5. The molecule has 2 aromatic carbocycles. The molecular formula is C22H26N4O2. The number of aromatic nitrogens is 2. The largest absolute Gasteiger partial charge is 0.469 e. The summed E-state index contributed by atoms with van der Waals surface area (Å²) < 4.78 is 6.85. The van der Waals surface area contributed by atoms with Crippen LogP contribution in [0.4, 0.5) is 5.69 Å². The Labute approximate surface area is 165 Å². The molecule has 4 rings (SSSR count). The molecule has 0 spiro atoms. The third kappa shape index (κ3) is 3.73. The lowest BCUT2D eigenvalue weighted by molar-refractivity contribution is -0.140. The topological polar surface area (TPSA) is 59.4 Å². The van der Waals surface area contributed by atoms with Gasteiger partial charge in [0.25, 0.3) is 0 Å². The molecule has 6 nitrogen and oxygen atoms in total. The number of anilines is 1. The Hall–Kier alpha value is -2.86. The van der Waals surface area contributed by atoms with Gasteiger partial charge in [-0.2, -0.15) is 0 Å². The zero-order valence-electron chi connectivity index (χ0n) is 16.4. The summed E-state index contributed by atoms with van der Waals surface area (Å²) in [6.07, 6.45) is 1.04. The van der Waals surface area contributed by atoms with Crippen LogP contribution in [0.25, 0.3) is 22.4 Å².